The number of nitrogens with one attached hydrogen (secondary N) is 1. The van der Waals surface area contributed by atoms with Crippen LogP contribution in [0.4, 0.5) is 10.5 Å². The van der Waals surface area contributed by atoms with Gasteiger partial charge < -0.3 is 15.8 Å². The van der Waals surface area contributed by atoms with Gasteiger partial charge in [-0.25, -0.2) is 4.79 Å². The maximum absolute atomic E-state index is 11.6. The van der Waals surface area contributed by atoms with Gasteiger partial charge in [0.1, 0.15) is 5.60 Å². The Morgan fingerprint density at radius 2 is 1.94 bits per heavy atom. The molecule has 4 heteroatoms. The van der Waals surface area contributed by atoms with E-state index in [4.69, 9.17) is 10.5 Å². The third-order valence-electron chi connectivity index (χ3n) is 2.86. The Bertz CT molecular complexity index is 434. The Kier molecular flexibility index (Phi) is 3.20. The van der Waals surface area contributed by atoms with Gasteiger partial charge in [-0.3, -0.25) is 0 Å². The summed E-state index contributed by atoms with van der Waals surface area (Å²) in [5.41, 5.74) is 7.17. The molecule has 4 nitrogen and oxygen atoms in total. The van der Waals surface area contributed by atoms with Crippen molar-refractivity contribution in [1.82, 2.24) is 5.32 Å². The van der Waals surface area contributed by atoms with Crippen LogP contribution in [0.15, 0.2) is 24.3 Å². The molecule has 1 aromatic carbocycles. The third-order valence-corrected chi connectivity index (χ3v) is 2.86. The van der Waals surface area contributed by atoms with Gasteiger partial charge in [-0.05, 0) is 44.9 Å². The Morgan fingerprint density at radius 3 is 2.50 bits per heavy atom. The lowest BCUT2D eigenvalue weighted by molar-refractivity contribution is 0.0523. The number of alkyl carbamates (subject to hydrolysis) is 1. The molecular weight excluding hydrogens is 228 g/mol. The second-order valence-corrected chi connectivity index (χ2v) is 5.76. The fourth-order valence-electron chi connectivity index (χ4n) is 1.93. The van der Waals surface area contributed by atoms with Gasteiger partial charge in [0.05, 0.1) is 0 Å². The van der Waals surface area contributed by atoms with E-state index in [9.17, 15) is 4.79 Å². The van der Waals surface area contributed by atoms with E-state index < -0.39 is 5.60 Å². The summed E-state index contributed by atoms with van der Waals surface area (Å²) < 4.78 is 5.22. The second kappa shape index (κ2) is 4.52. The summed E-state index contributed by atoms with van der Waals surface area (Å²) in [5.74, 6) is 0.387. The zero-order valence-corrected chi connectivity index (χ0v) is 11.1. The van der Waals surface area contributed by atoms with Crippen LogP contribution in [0.2, 0.25) is 0 Å². The molecule has 2 atom stereocenters. The van der Waals surface area contributed by atoms with E-state index in [0.717, 1.165) is 12.1 Å². The minimum absolute atomic E-state index is 0.184. The Morgan fingerprint density at radius 1 is 1.33 bits per heavy atom. The zero-order chi connectivity index (χ0) is 13.3. The number of carbonyl (C=O) groups is 1. The molecule has 1 saturated carbocycles. The molecule has 0 unspecified atom stereocenters. The number of rotatable bonds is 2. The van der Waals surface area contributed by atoms with Crippen LogP contribution in [-0.4, -0.2) is 17.7 Å². The normalized spacial score (nSPS) is 22.4. The summed E-state index contributed by atoms with van der Waals surface area (Å²) in [7, 11) is 0. The predicted molar refractivity (Wildman–Crippen MR) is 71.4 cm³/mol. The SMILES string of the molecule is CC(C)(C)OC(=O)N[C@H]1C[C@H]1c1ccc(N)cc1. The van der Waals surface area contributed by atoms with Crippen molar-refractivity contribution in [3.05, 3.63) is 29.8 Å². The zero-order valence-electron chi connectivity index (χ0n) is 11.1. The maximum Gasteiger partial charge on any atom is 0.407 e. The van der Waals surface area contributed by atoms with E-state index in [1.165, 1.54) is 5.56 Å². The van der Waals surface area contributed by atoms with E-state index >= 15 is 0 Å². The molecule has 1 aromatic rings. The average Bonchev–Trinajstić information content (AvgIpc) is 2.95. The summed E-state index contributed by atoms with van der Waals surface area (Å²) in [6.07, 6.45) is 0.619. The first-order chi connectivity index (χ1) is 8.35. The summed E-state index contributed by atoms with van der Waals surface area (Å²) in [5, 5.41) is 2.88. The minimum Gasteiger partial charge on any atom is -0.444 e. The number of amides is 1. The molecule has 2 rings (SSSR count). The second-order valence-electron chi connectivity index (χ2n) is 5.76. The van der Waals surface area contributed by atoms with Crippen molar-refractivity contribution < 1.29 is 9.53 Å². The van der Waals surface area contributed by atoms with Gasteiger partial charge in [0.15, 0.2) is 0 Å². The van der Waals surface area contributed by atoms with Gasteiger partial charge in [0.25, 0.3) is 0 Å². The van der Waals surface area contributed by atoms with Crippen LogP contribution in [-0.2, 0) is 4.74 Å². The molecule has 1 aliphatic carbocycles. The number of hydrogen-bond acceptors (Lipinski definition) is 3. The Balaban J connectivity index is 1.85. The molecule has 1 fully saturated rings. The van der Waals surface area contributed by atoms with Crippen molar-refractivity contribution in [3.8, 4) is 0 Å². The lowest BCUT2D eigenvalue weighted by Crippen LogP contribution is -2.34. The molecule has 98 valence electrons. The number of ether oxygens (including phenoxy) is 1. The largest absolute Gasteiger partial charge is 0.444 e. The highest BCUT2D eigenvalue weighted by molar-refractivity contribution is 5.69. The van der Waals surface area contributed by atoms with Crippen LogP contribution in [0.1, 0.15) is 38.7 Å². The molecule has 0 bridgehead atoms. The highest BCUT2D eigenvalue weighted by Crippen LogP contribution is 2.41. The first kappa shape index (κ1) is 12.7. The highest BCUT2D eigenvalue weighted by Gasteiger charge is 2.40. The fraction of sp³-hybridized carbons (Fsp3) is 0.500. The van der Waals surface area contributed by atoms with Gasteiger partial charge >= 0.3 is 6.09 Å². The first-order valence-electron chi connectivity index (χ1n) is 6.20. The average molecular weight is 248 g/mol. The molecule has 0 heterocycles. The third kappa shape index (κ3) is 3.39. The predicted octanol–water partition coefficient (Wildman–Crippen LogP) is 2.65. The summed E-state index contributed by atoms with van der Waals surface area (Å²) in [6, 6.07) is 7.98. The number of nitrogens with two attached hydrogens (primary N) is 1. The fourth-order valence-corrected chi connectivity index (χ4v) is 1.93. The van der Waals surface area contributed by atoms with Gasteiger partial charge in [-0.2, -0.15) is 0 Å². The quantitative estimate of drug-likeness (QED) is 0.791. The van der Waals surface area contributed by atoms with Crippen molar-refractivity contribution in [2.75, 3.05) is 5.73 Å². The highest BCUT2D eigenvalue weighted by atomic mass is 16.6. The Labute approximate surface area is 108 Å². The molecule has 1 amide bonds. The van der Waals surface area contributed by atoms with Crippen LogP contribution >= 0.6 is 0 Å². The van der Waals surface area contributed by atoms with Crippen LogP contribution in [0.3, 0.4) is 0 Å². The van der Waals surface area contributed by atoms with Gasteiger partial charge in [-0.15, -0.1) is 0 Å². The topological polar surface area (TPSA) is 64.3 Å². The van der Waals surface area contributed by atoms with Crippen molar-refractivity contribution in [2.24, 2.45) is 0 Å². The molecule has 0 radical (unpaired) electrons. The van der Waals surface area contributed by atoms with Crippen LogP contribution in [0.25, 0.3) is 0 Å². The number of hydrogen-bond donors (Lipinski definition) is 2. The van der Waals surface area contributed by atoms with E-state index in [0.29, 0.717) is 5.92 Å². The smallest absolute Gasteiger partial charge is 0.407 e. The van der Waals surface area contributed by atoms with Gasteiger partial charge in [0, 0.05) is 17.6 Å². The number of anilines is 1. The van der Waals surface area contributed by atoms with Crippen molar-refractivity contribution in [2.45, 2.75) is 44.8 Å². The molecule has 1 aliphatic rings. The summed E-state index contributed by atoms with van der Waals surface area (Å²) >= 11 is 0. The van der Waals surface area contributed by atoms with E-state index in [1.807, 2.05) is 45.0 Å². The van der Waals surface area contributed by atoms with E-state index in [2.05, 4.69) is 5.32 Å². The Hall–Kier alpha value is -1.71. The maximum atomic E-state index is 11.6. The van der Waals surface area contributed by atoms with E-state index in [1.54, 1.807) is 0 Å². The lowest BCUT2D eigenvalue weighted by Gasteiger charge is -2.19. The number of carbonyl (C=O) groups excluding carboxylic acids is 1. The van der Waals surface area contributed by atoms with Crippen LogP contribution in [0, 0.1) is 0 Å². The lowest BCUT2D eigenvalue weighted by atomic mass is 10.1. The number of benzene rings is 1. The van der Waals surface area contributed by atoms with Crippen LogP contribution in [0.5, 0.6) is 0 Å². The number of nitrogen functional groups attached to an aromatic ring is 1. The molecule has 0 aliphatic heterocycles. The molecular formula is C14H20N2O2. The molecule has 0 aromatic heterocycles. The molecule has 18 heavy (non-hydrogen) atoms. The summed E-state index contributed by atoms with van der Waals surface area (Å²) in [4.78, 5) is 11.6. The van der Waals surface area contributed by atoms with Crippen molar-refractivity contribution >= 4 is 11.8 Å². The molecule has 0 spiro atoms. The standard InChI is InChI=1S/C14H20N2O2/c1-14(2,3)18-13(17)16-12-8-11(12)9-4-6-10(15)7-5-9/h4-7,11-12H,8,15H2,1-3H3,(H,16,17)/t11-,12-/m0/s1. The summed E-state index contributed by atoms with van der Waals surface area (Å²) in [6.45, 7) is 5.57. The van der Waals surface area contributed by atoms with Crippen molar-refractivity contribution in [3.63, 3.8) is 0 Å². The van der Waals surface area contributed by atoms with Gasteiger partial charge in [0.2, 0.25) is 0 Å². The van der Waals surface area contributed by atoms with Gasteiger partial charge in [-0.1, -0.05) is 12.1 Å². The van der Waals surface area contributed by atoms with Crippen LogP contribution < -0.4 is 11.1 Å². The monoisotopic (exact) mass is 248 g/mol. The van der Waals surface area contributed by atoms with E-state index in [-0.39, 0.29) is 12.1 Å². The van der Waals surface area contributed by atoms with Crippen molar-refractivity contribution in [1.29, 1.82) is 0 Å². The first-order valence-corrected chi connectivity index (χ1v) is 6.20. The minimum atomic E-state index is -0.449. The molecule has 0 saturated heterocycles. The molecule has 3 N–H and O–H groups in total.